The van der Waals surface area contributed by atoms with Gasteiger partial charge in [0, 0.05) is 24.7 Å². The average molecular weight is 252 g/mol. The molecule has 0 aliphatic carbocycles. The van der Waals surface area contributed by atoms with E-state index in [0.29, 0.717) is 0 Å². The number of carboxylic acids is 1. The van der Waals surface area contributed by atoms with Gasteiger partial charge in [0.15, 0.2) is 0 Å². The fourth-order valence-electron chi connectivity index (χ4n) is 1.29. The fraction of sp³-hybridized carbons (Fsp3) is 0.308. The molecule has 0 aromatic heterocycles. The second-order valence-electron chi connectivity index (χ2n) is 3.46. The number of methoxy groups -OCH3 is 1. The van der Waals surface area contributed by atoms with Crippen molar-refractivity contribution in [2.24, 2.45) is 0 Å². The summed E-state index contributed by atoms with van der Waals surface area (Å²) in [5, 5.41) is 8.54. The molecule has 0 amide bonds. The highest BCUT2D eigenvalue weighted by Gasteiger charge is 1.95. The van der Waals surface area contributed by atoms with Gasteiger partial charge in [0.25, 0.3) is 0 Å². The first-order valence-corrected chi connectivity index (χ1v) is 6.44. The first-order valence-electron chi connectivity index (χ1n) is 5.29. The third kappa shape index (κ3) is 6.14. The number of thioether (sulfide) groups is 1. The first-order chi connectivity index (χ1) is 8.22. The van der Waals surface area contributed by atoms with Gasteiger partial charge in [0.2, 0.25) is 0 Å². The third-order valence-corrected chi connectivity index (χ3v) is 3.06. The molecule has 0 bridgehead atoms. The van der Waals surface area contributed by atoms with E-state index in [4.69, 9.17) is 9.84 Å². The van der Waals surface area contributed by atoms with Gasteiger partial charge in [-0.1, -0.05) is 24.3 Å². The molecule has 17 heavy (non-hydrogen) atoms. The van der Waals surface area contributed by atoms with Crippen molar-refractivity contribution < 1.29 is 14.6 Å². The van der Waals surface area contributed by atoms with Crippen molar-refractivity contribution in [3.63, 3.8) is 0 Å². The number of carboxylic acid groups (broad SMARTS) is 1. The summed E-state index contributed by atoms with van der Waals surface area (Å²) in [5.74, 6) is 0.953. The molecule has 0 saturated carbocycles. The van der Waals surface area contributed by atoms with Crippen LogP contribution in [0.15, 0.2) is 30.3 Å². The molecule has 1 N–H and O–H groups in total. The van der Waals surface area contributed by atoms with Crippen LogP contribution in [0.25, 0.3) is 6.08 Å². The van der Waals surface area contributed by atoms with Gasteiger partial charge in [0.05, 0.1) is 6.61 Å². The van der Waals surface area contributed by atoms with E-state index in [-0.39, 0.29) is 0 Å². The molecule has 0 spiro atoms. The molecule has 0 unspecified atom stereocenters. The minimum absolute atomic E-state index is 0.753. The van der Waals surface area contributed by atoms with E-state index in [1.165, 1.54) is 5.56 Å². The van der Waals surface area contributed by atoms with Gasteiger partial charge >= 0.3 is 5.97 Å². The molecule has 0 aliphatic heterocycles. The second-order valence-corrected chi connectivity index (χ2v) is 4.57. The molecule has 0 fully saturated rings. The first kappa shape index (κ1) is 13.8. The summed E-state index contributed by atoms with van der Waals surface area (Å²) in [7, 11) is 1.69. The van der Waals surface area contributed by atoms with Crippen LogP contribution < -0.4 is 0 Å². The largest absolute Gasteiger partial charge is 0.478 e. The summed E-state index contributed by atoms with van der Waals surface area (Å²) < 4.78 is 4.97. The van der Waals surface area contributed by atoms with Crippen molar-refractivity contribution in [3.8, 4) is 0 Å². The minimum atomic E-state index is -0.926. The maximum Gasteiger partial charge on any atom is 0.328 e. The highest BCUT2D eigenvalue weighted by Crippen LogP contribution is 2.14. The quantitative estimate of drug-likeness (QED) is 0.598. The zero-order chi connectivity index (χ0) is 12.5. The molecule has 0 aliphatic rings. The molecular formula is C13H16O3S. The van der Waals surface area contributed by atoms with Crippen molar-refractivity contribution >= 4 is 23.8 Å². The number of rotatable bonds is 7. The van der Waals surface area contributed by atoms with Crippen LogP contribution in [0.5, 0.6) is 0 Å². The zero-order valence-electron chi connectivity index (χ0n) is 9.76. The number of hydrogen-bond donors (Lipinski definition) is 1. The van der Waals surface area contributed by atoms with Gasteiger partial charge < -0.3 is 9.84 Å². The van der Waals surface area contributed by atoms with Crippen molar-refractivity contribution in [2.45, 2.75) is 5.75 Å². The summed E-state index contributed by atoms with van der Waals surface area (Å²) in [6.07, 6.45) is 2.75. The highest BCUT2D eigenvalue weighted by atomic mass is 32.2. The lowest BCUT2D eigenvalue weighted by molar-refractivity contribution is -0.131. The van der Waals surface area contributed by atoms with Crippen LogP contribution in [0, 0.1) is 0 Å². The van der Waals surface area contributed by atoms with Gasteiger partial charge in [-0.15, -0.1) is 0 Å². The Bertz CT molecular complexity index is 388. The monoisotopic (exact) mass is 252 g/mol. The Hall–Kier alpha value is -1.26. The minimum Gasteiger partial charge on any atom is -0.478 e. The Morgan fingerprint density at radius 3 is 3.06 bits per heavy atom. The zero-order valence-corrected chi connectivity index (χ0v) is 10.6. The molecule has 92 valence electrons. The summed E-state index contributed by atoms with van der Waals surface area (Å²) in [6, 6.07) is 7.87. The number of ether oxygens (including phenoxy) is 1. The van der Waals surface area contributed by atoms with Crippen LogP contribution in [0.4, 0.5) is 0 Å². The number of aliphatic carboxylic acids is 1. The van der Waals surface area contributed by atoms with Crippen LogP contribution in [0.3, 0.4) is 0 Å². The van der Waals surface area contributed by atoms with Gasteiger partial charge in [0.1, 0.15) is 0 Å². The average Bonchev–Trinajstić information content (AvgIpc) is 2.33. The van der Waals surface area contributed by atoms with Crippen molar-refractivity contribution in [3.05, 3.63) is 41.5 Å². The van der Waals surface area contributed by atoms with E-state index < -0.39 is 5.97 Å². The Labute approximate surface area is 105 Å². The maximum atomic E-state index is 10.4. The highest BCUT2D eigenvalue weighted by molar-refractivity contribution is 7.98. The Morgan fingerprint density at radius 2 is 2.35 bits per heavy atom. The Kier molecular flexibility index (Phi) is 6.43. The Morgan fingerprint density at radius 1 is 1.53 bits per heavy atom. The SMILES string of the molecule is COCCSCc1cccc(/C=C/C(=O)O)c1. The van der Waals surface area contributed by atoms with E-state index in [9.17, 15) is 4.79 Å². The number of carbonyl (C=O) groups is 1. The van der Waals surface area contributed by atoms with Crippen molar-refractivity contribution in [2.75, 3.05) is 19.5 Å². The predicted molar refractivity (Wildman–Crippen MR) is 71.1 cm³/mol. The topological polar surface area (TPSA) is 46.5 Å². The standard InChI is InChI=1S/C13H16O3S/c1-16-7-8-17-10-12-4-2-3-11(9-12)5-6-13(14)15/h2-6,9H,7-8,10H2,1H3,(H,14,15)/b6-5+. The summed E-state index contributed by atoms with van der Waals surface area (Å²) >= 11 is 1.80. The molecule has 1 rings (SSSR count). The second kappa shape index (κ2) is 7.92. The predicted octanol–water partition coefficient (Wildman–Crippen LogP) is 2.66. The van der Waals surface area contributed by atoms with E-state index >= 15 is 0 Å². The summed E-state index contributed by atoms with van der Waals surface area (Å²) in [6.45, 7) is 0.753. The van der Waals surface area contributed by atoms with E-state index in [2.05, 4.69) is 0 Å². The smallest absolute Gasteiger partial charge is 0.328 e. The van der Waals surface area contributed by atoms with Crippen molar-refractivity contribution in [1.29, 1.82) is 0 Å². The molecule has 0 saturated heterocycles. The molecule has 4 heteroatoms. The van der Waals surface area contributed by atoms with E-state index in [0.717, 1.165) is 29.8 Å². The summed E-state index contributed by atoms with van der Waals surface area (Å²) in [4.78, 5) is 10.4. The van der Waals surface area contributed by atoms with Gasteiger partial charge in [-0.25, -0.2) is 4.79 Å². The molecule has 1 aromatic carbocycles. The molecule has 3 nitrogen and oxygen atoms in total. The van der Waals surface area contributed by atoms with Crippen LogP contribution in [-0.4, -0.2) is 30.5 Å². The molecule has 0 atom stereocenters. The fourth-order valence-corrected chi connectivity index (χ4v) is 2.13. The van der Waals surface area contributed by atoms with Crippen LogP contribution in [0.1, 0.15) is 11.1 Å². The maximum absolute atomic E-state index is 10.4. The van der Waals surface area contributed by atoms with E-state index in [1.54, 1.807) is 24.9 Å². The molecule has 0 radical (unpaired) electrons. The van der Waals surface area contributed by atoms with E-state index in [1.807, 2.05) is 24.3 Å². The van der Waals surface area contributed by atoms with Gasteiger partial charge in [-0.05, 0) is 17.2 Å². The lowest BCUT2D eigenvalue weighted by Gasteiger charge is -2.02. The number of hydrogen-bond acceptors (Lipinski definition) is 3. The van der Waals surface area contributed by atoms with Gasteiger partial charge in [-0.2, -0.15) is 11.8 Å². The van der Waals surface area contributed by atoms with Gasteiger partial charge in [-0.3, -0.25) is 0 Å². The molecule has 1 aromatic rings. The summed E-state index contributed by atoms with van der Waals surface area (Å²) in [5.41, 5.74) is 2.11. The molecular weight excluding hydrogens is 236 g/mol. The lowest BCUT2D eigenvalue weighted by atomic mass is 10.1. The van der Waals surface area contributed by atoms with Crippen molar-refractivity contribution in [1.82, 2.24) is 0 Å². The van der Waals surface area contributed by atoms with Crippen LogP contribution >= 0.6 is 11.8 Å². The third-order valence-electron chi connectivity index (χ3n) is 2.07. The van der Waals surface area contributed by atoms with Crippen LogP contribution in [-0.2, 0) is 15.3 Å². The normalized spacial score (nSPS) is 10.9. The Balaban J connectivity index is 2.50. The van der Waals surface area contributed by atoms with Crippen LogP contribution in [0.2, 0.25) is 0 Å². The number of benzene rings is 1. The molecule has 0 heterocycles. The lowest BCUT2D eigenvalue weighted by Crippen LogP contribution is -1.92.